The zero-order valence-corrected chi connectivity index (χ0v) is 12.1. The smallest absolute Gasteiger partial charge is 0.0502 e. The van der Waals surface area contributed by atoms with Gasteiger partial charge in [0.15, 0.2) is 0 Å². The molecule has 1 rings (SSSR count). The van der Waals surface area contributed by atoms with Gasteiger partial charge in [0, 0.05) is 28.2 Å². The standard InChI is InChI=1S/C13H20Cl2N2/c1-4-17(9(2)3)12(8-16)13-10(14)6-5-7-11(13)15/h5-7,9,12H,4,8,16H2,1-3H3. The second kappa shape index (κ2) is 6.60. The quantitative estimate of drug-likeness (QED) is 0.887. The molecule has 1 unspecified atom stereocenters. The molecule has 2 nitrogen and oxygen atoms in total. The van der Waals surface area contributed by atoms with E-state index in [1.807, 2.05) is 18.2 Å². The van der Waals surface area contributed by atoms with Gasteiger partial charge in [-0.25, -0.2) is 0 Å². The highest BCUT2D eigenvalue weighted by Gasteiger charge is 2.24. The highest BCUT2D eigenvalue weighted by atomic mass is 35.5. The second-order valence-electron chi connectivity index (χ2n) is 4.31. The van der Waals surface area contributed by atoms with Crippen molar-refractivity contribution in [3.8, 4) is 0 Å². The molecule has 0 saturated carbocycles. The van der Waals surface area contributed by atoms with E-state index >= 15 is 0 Å². The Morgan fingerprint density at radius 1 is 1.24 bits per heavy atom. The van der Waals surface area contributed by atoms with Crippen LogP contribution >= 0.6 is 23.2 Å². The van der Waals surface area contributed by atoms with E-state index in [0.717, 1.165) is 12.1 Å². The number of hydrogen-bond acceptors (Lipinski definition) is 2. The van der Waals surface area contributed by atoms with Crippen molar-refractivity contribution in [2.75, 3.05) is 13.1 Å². The summed E-state index contributed by atoms with van der Waals surface area (Å²) in [5, 5.41) is 1.37. The molecule has 1 aromatic carbocycles. The molecule has 1 atom stereocenters. The summed E-state index contributed by atoms with van der Waals surface area (Å²) >= 11 is 12.5. The van der Waals surface area contributed by atoms with Gasteiger partial charge in [0.05, 0.1) is 6.04 Å². The maximum atomic E-state index is 6.24. The lowest BCUT2D eigenvalue weighted by atomic mass is 10.0. The number of nitrogens with zero attached hydrogens (tertiary/aromatic N) is 1. The van der Waals surface area contributed by atoms with E-state index < -0.39 is 0 Å². The van der Waals surface area contributed by atoms with Crippen LogP contribution in [-0.4, -0.2) is 24.0 Å². The van der Waals surface area contributed by atoms with Gasteiger partial charge in [-0.05, 0) is 32.5 Å². The Kier molecular flexibility index (Phi) is 5.74. The third kappa shape index (κ3) is 3.35. The van der Waals surface area contributed by atoms with Crippen LogP contribution in [0, 0.1) is 0 Å². The monoisotopic (exact) mass is 274 g/mol. The van der Waals surface area contributed by atoms with Crippen LogP contribution in [0.25, 0.3) is 0 Å². The third-order valence-corrected chi connectivity index (χ3v) is 3.64. The Hall–Kier alpha value is -0.280. The first-order chi connectivity index (χ1) is 8.02. The van der Waals surface area contributed by atoms with Gasteiger partial charge in [-0.15, -0.1) is 0 Å². The molecule has 0 aliphatic rings. The Labute approximate surface area is 114 Å². The first-order valence-electron chi connectivity index (χ1n) is 5.92. The minimum Gasteiger partial charge on any atom is -0.329 e. The summed E-state index contributed by atoms with van der Waals surface area (Å²) in [6.07, 6.45) is 0. The molecule has 0 spiro atoms. The fraction of sp³-hybridized carbons (Fsp3) is 0.538. The van der Waals surface area contributed by atoms with Crippen molar-refractivity contribution in [3.05, 3.63) is 33.8 Å². The van der Waals surface area contributed by atoms with E-state index in [-0.39, 0.29) is 6.04 Å². The number of halogens is 2. The molecular weight excluding hydrogens is 255 g/mol. The Balaban J connectivity index is 3.17. The molecule has 0 fully saturated rings. The molecule has 4 heteroatoms. The normalized spacial score (nSPS) is 13.4. The van der Waals surface area contributed by atoms with Crippen LogP contribution in [0.4, 0.5) is 0 Å². The highest BCUT2D eigenvalue weighted by molar-refractivity contribution is 6.36. The number of rotatable bonds is 5. The first-order valence-corrected chi connectivity index (χ1v) is 6.68. The molecule has 17 heavy (non-hydrogen) atoms. The maximum absolute atomic E-state index is 6.24. The summed E-state index contributed by atoms with van der Waals surface area (Å²) in [7, 11) is 0. The van der Waals surface area contributed by atoms with Gasteiger partial charge in [-0.1, -0.05) is 36.2 Å². The molecule has 96 valence electrons. The number of nitrogens with two attached hydrogens (primary N) is 1. The van der Waals surface area contributed by atoms with Crippen LogP contribution in [0.15, 0.2) is 18.2 Å². The molecule has 0 amide bonds. The zero-order valence-electron chi connectivity index (χ0n) is 10.6. The largest absolute Gasteiger partial charge is 0.329 e. The minimum absolute atomic E-state index is 0.0706. The average Bonchev–Trinajstić information content (AvgIpc) is 2.27. The minimum atomic E-state index is 0.0706. The highest BCUT2D eigenvalue weighted by Crippen LogP contribution is 2.33. The van der Waals surface area contributed by atoms with Crippen molar-refractivity contribution in [1.82, 2.24) is 4.90 Å². The van der Waals surface area contributed by atoms with E-state index in [1.54, 1.807) is 0 Å². The molecule has 0 aliphatic carbocycles. The van der Waals surface area contributed by atoms with E-state index in [4.69, 9.17) is 28.9 Å². The lowest BCUT2D eigenvalue weighted by molar-refractivity contribution is 0.167. The Morgan fingerprint density at radius 3 is 2.12 bits per heavy atom. The van der Waals surface area contributed by atoms with Crippen molar-refractivity contribution >= 4 is 23.2 Å². The molecule has 2 N–H and O–H groups in total. The summed E-state index contributed by atoms with van der Waals surface area (Å²) in [4.78, 5) is 2.30. The summed E-state index contributed by atoms with van der Waals surface area (Å²) in [6.45, 7) is 7.85. The average molecular weight is 275 g/mol. The van der Waals surface area contributed by atoms with E-state index in [0.29, 0.717) is 22.6 Å². The number of hydrogen-bond donors (Lipinski definition) is 1. The molecule has 0 bridgehead atoms. The summed E-state index contributed by atoms with van der Waals surface area (Å²) in [6, 6.07) is 6.05. The van der Waals surface area contributed by atoms with Gasteiger partial charge in [0.25, 0.3) is 0 Å². The lowest BCUT2D eigenvalue weighted by Gasteiger charge is -2.34. The zero-order chi connectivity index (χ0) is 13.0. The van der Waals surface area contributed by atoms with Crippen molar-refractivity contribution in [2.45, 2.75) is 32.9 Å². The lowest BCUT2D eigenvalue weighted by Crippen LogP contribution is -2.38. The SMILES string of the molecule is CCN(C(C)C)C(CN)c1c(Cl)cccc1Cl. The van der Waals surface area contributed by atoms with E-state index in [2.05, 4.69) is 25.7 Å². The van der Waals surface area contributed by atoms with Gasteiger partial charge in [0.2, 0.25) is 0 Å². The number of benzene rings is 1. The van der Waals surface area contributed by atoms with Crippen molar-refractivity contribution < 1.29 is 0 Å². The molecule has 0 aliphatic heterocycles. The van der Waals surface area contributed by atoms with Crippen LogP contribution < -0.4 is 5.73 Å². The summed E-state index contributed by atoms with van der Waals surface area (Å²) in [5.74, 6) is 0. The molecule has 0 radical (unpaired) electrons. The van der Waals surface area contributed by atoms with Crippen molar-refractivity contribution in [1.29, 1.82) is 0 Å². The predicted octanol–water partition coefficient (Wildman–Crippen LogP) is 3.72. The van der Waals surface area contributed by atoms with Gasteiger partial charge in [-0.2, -0.15) is 0 Å². The van der Waals surface area contributed by atoms with Gasteiger partial charge in [0.1, 0.15) is 0 Å². The van der Waals surface area contributed by atoms with Crippen LogP contribution in [0.1, 0.15) is 32.4 Å². The van der Waals surface area contributed by atoms with E-state index in [1.165, 1.54) is 0 Å². The van der Waals surface area contributed by atoms with Crippen LogP contribution in [0.5, 0.6) is 0 Å². The Morgan fingerprint density at radius 2 is 1.76 bits per heavy atom. The van der Waals surface area contributed by atoms with Crippen LogP contribution in [-0.2, 0) is 0 Å². The molecule has 1 aromatic rings. The maximum Gasteiger partial charge on any atom is 0.0502 e. The first kappa shape index (κ1) is 14.8. The topological polar surface area (TPSA) is 29.3 Å². The van der Waals surface area contributed by atoms with Gasteiger partial charge >= 0.3 is 0 Å². The second-order valence-corrected chi connectivity index (χ2v) is 5.13. The fourth-order valence-corrected chi connectivity index (χ4v) is 2.84. The van der Waals surface area contributed by atoms with Crippen molar-refractivity contribution in [2.24, 2.45) is 5.73 Å². The van der Waals surface area contributed by atoms with Gasteiger partial charge < -0.3 is 5.73 Å². The molecule has 0 heterocycles. The number of likely N-dealkylation sites (N-methyl/N-ethyl adjacent to an activating group) is 1. The summed E-state index contributed by atoms with van der Waals surface area (Å²) in [5.41, 5.74) is 6.84. The van der Waals surface area contributed by atoms with Crippen LogP contribution in [0.3, 0.4) is 0 Å². The molecule has 0 aromatic heterocycles. The fourth-order valence-electron chi connectivity index (χ4n) is 2.19. The van der Waals surface area contributed by atoms with Crippen molar-refractivity contribution in [3.63, 3.8) is 0 Å². The van der Waals surface area contributed by atoms with E-state index in [9.17, 15) is 0 Å². The third-order valence-electron chi connectivity index (χ3n) is 2.98. The summed E-state index contributed by atoms with van der Waals surface area (Å²) < 4.78 is 0. The van der Waals surface area contributed by atoms with Gasteiger partial charge in [-0.3, -0.25) is 4.90 Å². The van der Waals surface area contributed by atoms with Crippen LogP contribution in [0.2, 0.25) is 10.0 Å². The predicted molar refractivity (Wildman–Crippen MR) is 75.8 cm³/mol. The molecule has 0 saturated heterocycles. The Bertz CT molecular complexity index is 346. The molecular formula is C13H20Cl2N2.